The van der Waals surface area contributed by atoms with Gasteiger partial charge in [-0.1, -0.05) is 48.0 Å². The van der Waals surface area contributed by atoms with Gasteiger partial charge in [-0.05, 0) is 41.8 Å². The fourth-order valence-electron chi connectivity index (χ4n) is 5.50. The first kappa shape index (κ1) is 22.0. The predicted octanol–water partition coefficient (Wildman–Crippen LogP) is 4.27. The van der Waals surface area contributed by atoms with Crippen molar-refractivity contribution in [1.29, 1.82) is 0 Å². The summed E-state index contributed by atoms with van der Waals surface area (Å²) in [5.74, 6) is -0.225. The van der Waals surface area contributed by atoms with Gasteiger partial charge in [0.15, 0.2) is 0 Å². The van der Waals surface area contributed by atoms with Gasteiger partial charge in [-0.2, -0.15) is 0 Å². The number of para-hydroxylation sites is 1. The number of hydrogen-bond acceptors (Lipinski definition) is 4. The van der Waals surface area contributed by atoms with Crippen LogP contribution in [0.4, 0.5) is 5.69 Å². The number of aryl methyl sites for hydroxylation is 1. The number of H-pyrrole nitrogens is 1. The topological polar surface area (TPSA) is 99.5 Å². The van der Waals surface area contributed by atoms with E-state index < -0.39 is 17.0 Å². The lowest BCUT2D eigenvalue weighted by atomic mass is 9.86. The molecule has 2 aliphatic heterocycles. The Morgan fingerprint density at radius 1 is 1.00 bits per heavy atom. The van der Waals surface area contributed by atoms with Gasteiger partial charge in [0.25, 0.3) is 5.69 Å². The Hall–Kier alpha value is -4.46. The highest BCUT2D eigenvalue weighted by atomic mass is 16.6. The zero-order valence-corrected chi connectivity index (χ0v) is 19.7. The molecular weight excluding hydrogens is 456 g/mol. The number of carbonyl (C=O) groups excluding carboxylic acids is 2. The van der Waals surface area contributed by atoms with Gasteiger partial charge in [0.1, 0.15) is 12.6 Å². The Labute approximate surface area is 207 Å². The zero-order chi connectivity index (χ0) is 25.0. The van der Waals surface area contributed by atoms with Crippen molar-refractivity contribution in [3.63, 3.8) is 0 Å². The van der Waals surface area contributed by atoms with Crippen LogP contribution in [0.1, 0.15) is 34.0 Å². The van der Waals surface area contributed by atoms with E-state index in [1.807, 2.05) is 55.5 Å². The maximum atomic E-state index is 13.8. The van der Waals surface area contributed by atoms with Crippen molar-refractivity contribution >= 4 is 28.4 Å². The van der Waals surface area contributed by atoms with Crippen molar-refractivity contribution in [2.45, 2.75) is 32.0 Å². The van der Waals surface area contributed by atoms with Gasteiger partial charge in [0.2, 0.25) is 11.8 Å². The molecule has 0 bridgehead atoms. The molecule has 0 aliphatic carbocycles. The Kier molecular flexibility index (Phi) is 5.10. The third-order valence-electron chi connectivity index (χ3n) is 7.26. The molecule has 1 fully saturated rings. The number of nitrogens with one attached hydrogen (secondary N) is 1. The Morgan fingerprint density at radius 2 is 1.72 bits per heavy atom. The summed E-state index contributed by atoms with van der Waals surface area (Å²) < 4.78 is 0. The van der Waals surface area contributed by atoms with Gasteiger partial charge in [-0.25, -0.2) is 0 Å². The first-order valence-corrected chi connectivity index (χ1v) is 11.9. The maximum Gasteiger partial charge on any atom is 0.269 e. The minimum atomic E-state index is -0.649. The third kappa shape index (κ3) is 3.53. The molecule has 8 heteroatoms. The van der Waals surface area contributed by atoms with Gasteiger partial charge >= 0.3 is 0 Å². The van der Waals surface area contributed by atoms with Crippen LogP contribution in [0, 0.1) is 17.0 Å². The summed E-state index contributed by atoms with van der Waals surface area (Å²) in [6, 6.07) is 20.9. The van der Waals surface area contributed by atoms with E-state index in [0.717, 1.165) is 38.9 Å². The third-order valence-corrected chi connectivity index (χ3v) is 7.26. The number of fused-ring (bicyclic) bond motifs is 4. The van der Waals surface area contributed by atoms with E-state index in [-0.39, 0.29) is 24.0 Å². The van der Waals surface area contributed by atoms with Gasteiger partial charge in [0, 0.05) is 41.7 Å². The van der Waals surface area contributed by atoms with Crippen molar-refractivity contribution < 1.29 is 14.5 Å². The molecule has 1 saturated heterocycles. The van der Waals surface area contributed by atoms with Gasteiger partial charge < -0.3 is 14.8 Å². The summed E-state index contributed by atoms with van der Waals surface area (Å²) >= 11 is 0. The summed E-state index contributed by atoms with van der Waals surface area (Å²) in [5.41, 5.74) is 5.62. The fraction of sp³-hybridized carbons (Fsp3) is 0.214. The highest BCUT2D eigenvalue weighted by Gasteiger charge is 2.48. The molecule has 8 nitrogen and oxygen atoms in total. The van der Waals surface area contributed by atoms with Crippen molar-refractivity contribution in [2.24, 2.45) is 0 Å². The van der Waals surface area contributed by atoms with E-state index in [9.17, 15) is 19.7 Å². The van der Waals surface area contributed by atoms with Crippen LogP contribution < -0.4 is 0 Å². The molecule has 2 aliphatic rings. The predicted molar refractivity (Wildman–Crippen MR) is 134 cm³/mol. The SMILES string of the molecule is Cc1ccc(CN2CC(=O)N3C(c4ccc([N+](=O)[O-])cc4)c4[nH]c5ccccc5c4C[C@H]3C2=O)cc1. The van der Waals surface area contributed by atoms with Crippen molar-refractivity contribution in [3.8, 4) is 0 Å². The number of aromatic amines is 1. The van der Waals surface area contributed by atoms with Crippen LogP contribution in [0.15, 0.2) is 72.8 Å². The Morgan fingerprint density at radius 3 is 2.44 bits per heavy atom. The van der Waals surface area contributed by atoms with Crippen LogP contribution >= 0.6 is 0 Å². The smallest absolute Gasteiger partial charge is 0.269 e. The summed E-state index contributed by atoms with van der Waals surface area (Å²) in [6.07, 6.45) is 0.414. The monoisotopic (exact) mass is 480 g/mol. The molecule has 0 radical (unpaired) electrons. The van der Waals surface area contributed by atoms with Crippen molar-refractivity contribution in [1.82, 2.24) is 14.8 Å². The molecular formula is C28H24N4O4. The van der Waals surface area contributed by atoms with E-state index >= 15 is 0 Å². The second kappa shape index (κ2) is 8.34. The maximum absolute atomic E-state index is 13.8. The summed E-state index contributed by atoms with van der Waals surface area (Å²) in [5, 5.41) is 12.2. The van der Waals surface area contributed by atoms with E-state index in [4.69, 9.17) is 0 Å². The number of non-ortho nitro benzene ring substituents is 1. The molecule has 36 heavy (non-hydrogen) atoms. The molecule has 2 atom stereocenters. The average Bonchev–Trinajstić information content (AvgIpc) is 3.25. The van der Waals surface area contributed by atoms with Gasteiger partial charge in [-0.15, -0.1) is 0 Å². The van der Waals surface area contributed by atoms with Crippen LogP contribution in [0.3, 0.4) is 0 Å². The number of amides is 2. The molecule has 1 unspecified atom stereocenters. The largest absolute Gasteiger partial charge is 0.356 e. The van der Waals surface area contributed by atoms with E-state index in [1.165, 1.54) is 12.1 Å². The number of rotatable bonds is 4. The number of hydrogen-bond donors (Lipinski definition) is 1. The molecule has 1 N–H and O–H groups in total. The number of benzene rings is 3. The highest BCUT2D eigenvalue weighted by Crippen LogP contribution is 2.42. The van der Waals surface area contributed by atoms with Gasteiger partial charge in [-0.3, -0.25) is 19.7 Å². The number of nitro groups is 1. The molecule has 0 saturated carbocycles. The molecule has 1 aromatic heterocycles. The van der Waals surface area contributed by atoms with Gasteiger partial charge in [0.05, 0.1) is 11.0 Å². The average molecular weight is 481 g/mol. The first-order valence-electron chi connectivity index (χ1n) is 11.9. The van der Waals surface area contributed by atoms with Crippen LogP contribution in [0.25, 0.3) is 10.9 Å². The second-order valence-corrected chi connectivity index (χ2v) is 9.51. The quantitative estimate of drug-likeness (QED) is 0.348. The fourth-order valence-corrected chi connectivity index (χ4v) is 5.50. The number of piperazine rings is 1. The molecule has 4 aromatic rings. The Balaban J connectivity index is 1.44. The van der Waals surface area contributed by atoms with Crippen molar-refractivity contribution in [2.75, 3.05) is 6.54 Å². The van der Waals surface area contributed by atoms with E-state index in [0.29, 0.717) is 13.0 Å². The lowest BCUT2D eigenvalue weighted by Gasteiger charge is -2.47. The van der Waals surface area contributed by atoms with E-state index in [2.05, 4.69) is 4.98 Å². The summed E-state index contributed by atoms with van der Waals surface area (Å²) in [4.78, 5) is 45.0. The van der Waals surface area contributed by atoms with Crippen LogP contribution in [0.2, 0.25) is 0 Å². The lowest BCUT2D eigenvalue weighted by molar-refractivity contribution is -0.384. The second-order valence-electron chi connectivity index (χ2n) is 9.51. The van der Waals surface area contributed by atoms with Crippen LogP contribution in [-0.4, -0.2) is 44.1 Å². The number of nitro benzene ring substituents is 1. The molecule has 6 rings (SSSR count). The molecule has 180 valence electrons. The summed E-state index contributed by atoms with van der Waals surface area (Å²) in [7, 11) is 0. The molecule has 2 amide bonds. The molecule has 0 spiro atoms. The lowest BCUT2D eigenvalue weighted by Crippen LogP contribution is -2.62. The number of carbonyl (C=O) groups is 2. The minimum Gasteiger partial charge on any atom is -0.356 e. The van der Waals surface area contributed by atoms with Crippen LogP contribution in [0.5, 0.6) is 0 Å². The minimum absolute atomic E-state index is 0.0117. The molecule has 3 heterocycles. The zero-order valence-electron chi connectivity index (χ0n) is 19.7. The normalized spacial score (nSPS) is 19.4. The highest BCUT2D eigenvalue weighted by molar-refractivity contribution is 5.97. The first-order chi connectivity index (χ1) is 17.4. The number of aromatic nitrogens is 1. The van der Waals surface area contributed by atoms with Crippen molar-refractivity contribution in [3.05, 3.63) is 111 Å². The number of nitrogens with zero attached hydrogens (tertiary/aromatic N) is 3. The van der Waals surface area contributed by atoms with Crippen LogP contribution in [-0.2, 0) is 22.6 Å². The summed E-state index contributed by atoms with van der Waals surface area (Å²) in [6.45, 7) is 2.37. The molecule has 3 aromatic carbocycles. The standard InChI is InChI=1S/C28H24N4O4/c1-17-6-8-18(9-7-17)15-30-16-25(33)31-24(28(30)34)14-22-21-4-2-3-5-23(21)29-26(22)27(31)19-10-12-20(13-11-19)32(35)36/h2-13,24,27,29H,14-16H2,1H3/t24-,27?/m0/s1. The Bertz CT molecular complexity index is 1510. The van der Waals surface area contributed by atoms with E-state index in [1.54, 1.807) is 21.9 Å².